The molecule has 0 aliphatic rings. The maximum absolute atomic E-state index is 11.6. The largest absolute Gasteiger partial charge is 0.481 e. The highest BCUT2D eigenvalue weighted by atomic mass is 16.4. The number of rotatable bonds is 18. The van der Waals surface area contributed by atoms with E-state index < -0.39 is 48.1 Å². The zero-order chi connectivity index (χ0) is 22.4. The normalized spacial score (nSPS) is 14.3. The van der Waals surface area contributed by atoms with Crippen LogP contribution in [0.1, 0.15) is 84.5 Å². The molecule has 0 radical (unpaired) electrons. The SMILES string of the molecule is CC(C)CCCCCCCCCCC(C(=O)O)C(C(=O)O)C(CC(=O)O)C(=O)O. The average molecular weight is 417 g/mol. The van der Waals surface area contributed by atoms with Crippen molar-refractivity contribution in [2.75, 3.05) is 0 Å². The van der Waals surface area contributed by atoms with Crippen molar-refractivity contribution in [1.29, 1.82) is 0 Å². The molecule has 0 rings (SSSR count). The Morgan fingerprint density at radius 3 is 1.34 bits per heavy atom. The Labute approximate surface area is 172 Å². The van der Waals surface area contributed by atoms with Crippen LogP contribution in [0.4, 0.5) is 0 Å². The van der Waals surface area contributed by atoms with Crippen molar-refractivity contribution in [3.8, 4) is 0 Å². The lowest BCUT2D eigenvalue weighted by Crippen LogP contribution is -2.40. The molecule has 0 aromatic rings. The molecule has 3 atom stereocenters. The molecule has 0 spiro atoms. The predicted molar refractivity (Wildman–Crippen MR) is 107 cm³/mol. The van der Waals surface area contributed by atoms with Crippen molar-refractivity contribution in [2.45, 2.75) is 84.5 Å². The molecule has 0 aliphatic carbocycles. The zero-order valence-electron chi connectivity index (χ0n) is 17.5. The van der Waals surface area contributed by atoms with E-state index in [1.54, 1.807) is 0 Å². The lowest BCUT2D eigenvalue weighted by atomic mass is 9.77. The third kappa shape index (κ3) is 12.1. The molecule has 0 saturated heterocycles. The molecule has 0 heterocycles. The molecular weight excluding hydrogens is 380 g/mol. The average Bonchev–Trinajstić information content (AvgIpc) is 2.59. The third-order valence-corrected chi connectivity index (χ3v) is 5.23. The van der Waals surface area contributed by atoms with E-state index in [0.29, 0.717) is 6.42 Å². The Morgan fingerprint density at radius 1 is 0.586 bits per heavy atom. The van der Waals surface area contributed by atoms with Crippen molar-refractivity contribution in [2.24, 2.45) is 23.7 Å². The van der Waals surface area contributed by atoms with Crippen molar-refractivity contribution in [3.63, 3.8) is 0 Å². The van der Waals surface area contributed by atoms with Crippen LogP contribution in [0, 0.1) is 23.7 Å². The molecule has 0 bridgehead atoms. The summed E-state index contributed by atoms with van der Waals surface area (Å²) in [5, 5.41) is 36.9. The third-order valence-electron chi connectivity index (χ3n) is 5.23. The topological polar surface area (TPSA) is 149 Å². The minimum Gasteiger partial charge on any atom is -0.481 e. The quantitative estimate of drug-likeness (QED) is 0.244. The second-order valence-corrected chi connectivity index (χ2v) is 8.15. The summed E-state index contributed by atoms with van der Waals surface area (Å²) in [6, 6.07) is 0. The molecule has 4 N–H and O–H groups in total. The molecule has 0 aromatic heterocycles. The van der Waals surface area contributed by atoms with Gasteiger partial charge < -0.3 is 20.4 Å². The highest BCUT2D eigenvalue weighted by molar-refractivity contribution is 5.87. The Kier molecular flexibility index (Phi) is 13.7. The van der Waals surface area contributed by atoms with Gasteiger partial charge in [0, 0.05) is 0 Å². The van der Waals surface area contributed by atoms with E-state index in [4.69, 9.17) is 5.11 Å². The summed E-state index contributed by atoms with van der Waals surface area (Å²) in [6.07, 6.45) is 8.18. The Balaban J connectivity index is 4.50. The van der Waals surface area contributed by atoms with Crippen molar-refractivity contribution in [1.82, 2.24) is 0 Å². The van der Waals surface area contributed by atoms with E-state index in [0.717, 1.165) is 31.6 Å². The lowest BCUT2D eigenvalue weighted by Gasteiger charge is -2.25. The fourth-order valence-corrected chi connectivity index (χ4v) is 3.61. The van der Waals surface area contributed by atoms with E-state index >= 15 is 0 Å². The monoisotopic (exact) mass is 416 g/mol. The number of hydrogen-bond acceptors (Lipinski definition) is 4. The van der Waals surface area contributed by atoms with Crippen LogP contribution in [-0.2, 0) is 19.2 Å². The first-order valence-corrected chi connectivity index (χ1v) is 10.5. The number of carbonyl (C=O) groups is 4. The standard InChI is InChI=1S/C21H36O8/c1-14(2)11-9-7-5-3-4-6-8-10-12-15(19(24)25)18(21(28)29)16(20(26)27)13-17(22)23/h14-16,18H,3-13H2,1-2H3,(H,22,23)(H,24,25)(H,26,27)(H,28,29). The Bertz CT molecular complexity index is 529. The number of hydrogen-bond donors (Lipinski definition) is 4. The van der Waals surface area contributed by atoms with Crippen molar-refractivity contribution < 1.29 is 39.6 Å². The molecule has 8 nitrogen and oxygen atoms in total. The molecular formula is C21H36O8. The van der Waals surface area contributed by atoms with Crippen LogP contribution in [-0.4, -0.2) is 44.3 Å². The summed E-state index contributed by atoms with van der Waals surface area (Å²) >= 11 is 0. The van der Waals surface area contributed by atoms with Crippen LogP contribution in [0.2, 0.25) is 0 Å². The van der Waals surface area contributed by atoms with Gasteiger partial charge in [0.2, 0.25) is 0 Å². The van der Waals surface area contributed by atoms with Crippen LogP contribution in [0.3, 0.4) is 0 Å². The molecule has 29 heavy (non-hydrogen) atoms. The summed E-state index contributed by atoms with van der Waals surface area (Å²) in [6.45, 7) is 4.42. The van der Waals surface area contributed by atoms with Crippen molar-refractivity contribution >= 4 is 23.9 Å². The van der Waals surface area contributed by atoms with Gasteiger partial charge in [0.15, 0.2) is 0 Å². The Morgan fingerprint density at radius 2 is 1.00 bits per heavy atom. The van der Waals surface area contributed by atoms with Crippen LogP contribution in [0.25, 0.3) is 0 Å². The van der Waals surface area contributed by atoms with Gasteiger partial charge in [0.25, 0.3) is 0 Å². The maximum Gasteiger partial charge on any atom is 0.308 e. The number of unbranched alkanes of at least 4 members (excludes halogenated alkanes) is 7. The predicted octanol–water partition coefficient (Wildman–Crippen LogP) is 4.12. The van der Waals surface area contributed by atoms with Crippen molar-refractivity contribution in [3.05, 3.63) is 0 Å². The van der Waals surface area contributed by atoms with Gasteiger partial charge in [0.05, 0.1) is 24.2 Å². The smallest absolute Gasteiger partial charge is 0.308 e. The van der Waals surface area contributed by atoms with Gasteiger partial charge in [-0.05, 0) is 12.3 Å². The van der Waals surface area contributed by atoms with Gasteiger partial charge in [0.1, 0.15) is 0 Å². The van der Waals surface area contributed by atoms with E-state index in [-0.39, 0.29) is 6.42 Å². The zero-order valence-corrected chi connectivity index (χ0v) is 17.5. The molecule has 0 aromatic carbocycles. The first-order valence-electron chi connectivity index (χ1n) is 10.5. The summed E-state index contributed by atoms with van der Waals surface area (Å²) in [4.78, 5) is 45.4. The van der Waals surface area contributed by atoms with E-state index in [1.807, 2.05) is 0 Å². The first-order chi connectivity index (χ1) is 13.6. The van der Waals surface area contributed by atoms with E-state index in [9.17, 15) is 34.5 Å². The van der Waals surface area contributed by atoms with Gasteiger partial charge >= 0.3 is 23.9 Å². The number of aliphatic carboxylic acids is 4. The van der Waals surface area contributed by atoms with Crippen LogP contribution in [0.15, 0.2) is 0 Å². The highest BCUT2D eigenvalue weighted by Crippen LogP contribution is 2.30. The van der Waals surface area contributed by atoms with Gasteiger partial charge in [-0.1, -0.05) is 71.6 Å². The summed E-state index contributed by atoms with van der Waals surface area (Å²) < 4.78 is 0. The minimum atomic E-state index is -1.78. The van der Waals surface area contributed by atoms with E-state index in [1.165, 1.54) is 25.7 Å². The molecule has 0 fully saturated rings. The maximum atomic E-state index is 11.6. The molecule has 3 unspecified atom stereocenters. The fourth-order valence-electron chi connectivity index (χ4n) is 3.61. The van der Waals surface area contributed by atoms with Crippen LogP contribution < -0.4 is 0 Å². The molecule has 0 amide bonds. The first kappa shape index (κ1) is 26.9. The fraction of sp³-hybridized carbons (Fsp3) is 0.810. The van der Waals surface area contributed by atoms with Gasteiger partial charge in [-0.15, -0.1) is 0 Å². The molecule has 0 saturated carbocycles. The lowest BCUT2D eigenvalue weighted by molar-refractivity contribution is -0.164. The number of carboxylic acids is 4. The molecule has 0 aliphatic heterocycles. The Hall–Kier alpha value is -2.12. The molecule has 8 heteroatoms. The van der Waals surface area contributed by atoms with Gasteiger partial charge in [-0.25, -0.2) is 0 Å². The molecule has 168 valence electrons. The van der Waals surface area contributed by atoms with E-state index in [2.05, 4.69) is 13.8 Å². The second-order valence-electron chi connectivity index (χ2n) is 8.15. The highest BCUT2D eigenvalue weighted by Gasteiger charge is 2.43. The summed E-state index contributed by atoms with van der Waals surface area (Å²) in [5.41, 5.74) is 0. The second kappa shape index (κ2) is 14.8. The van der Waals surface area contributed by atoms with Gasteiger partial charge in [-0.3, -0.25) is 19.2 Å². The summed E-state index contributed by atoms with van der Waals surface area (Å²) in [7, 11) is 0. The van der Waals surface area contributed by atoms with Crippen LogP contribution in [0.5, 0.6) is 0 Å². The van der Waals surface area contributed by atoms with Gasteiger partial charge in [-0.2, -0.15) is 0 Å². The minimum absolute atomic E-state index is 0.0179. The van der Waals surface area contributed by atoms with Crippen LogP contribution >= 0.6 is 0 Å². The number of carboxylic acid groups (broad SMARTS) is 4. The summed E-state index contributed by atoms with van der Waals surface area (Å²) in [5.74, 6) is -10.3.